The number of methoxy groups -OCH3 is 1. The third kappa shape index (κ3) is 3.75. The van der Waals surface area contributed by atoms with Gasteiger partial charge in [0.05, 0.1) is 0 Å². The minimum atomic E-state index is -0.630. The highest BCUT2D eigenvalue weighted by atomic mass is 16.5. The lowest BCUT2D eigenvalue weighted by molar-refractivity contribution is -0.148. The number of hydrogen-bond acceptors (Lipinski definition) is 6. The number of aromatic nitrogens is 2. The molecule has 7 heteroatoms. The number of hydrogen-bond donors (Lipinski definition) is 0. The van der Waals surface area contributed by atoms with Gasteiger partial charge in [-0.3, -0.25) is 4.79 Å². The van der Waals surface area contributed by atoms with Gasteiger partial charge in [0.15, 0.2) is 5.82 Å². The summed E-state index contributed by atoms with van der Waals surface area (Å²) in [5.74, 6) is 1.23. The van der Waals surface area contributed by atoms with E-state index in [4.69, 9.17) is 14.0 Å². The van der Waals surface area contributed by atoms with Crippen LogP contribution in [-0.2, 0) is 26.3 Å². The van der Waals surface area contributed by atoms with Gasteiger partial charge < -0.3 is 18.9 Å². The minimum Gasteiger partial charge on any atom is -0.368 e. The molecule has 2 aliphatic heterocycles. The van der Waals surface area contributed by atoms with Crippen LogP contribution >= 0.6 is 0 Å². The highest BCUT2D eigenvalue weighted by molar-refractivity contribution is 5.81. The van der Waals surface area contributed by atoms with Crippen molar-refractivity contribution in [2.24, 2.45) is 0 Å². The van der Waals surface area contributed by atoms with Gasteiger partial charge in [0.25, 0.3) is 11.8 Å². The van der Waals surface area contributed by atoms with E-state index in [0.717, 1.165) is 18.4 Å². The first-order valence-corrected chi connectivity index (χ1v) is 9.53. The molecule has 2 saturated heterocycles. The Balaban J connectivity index is 1.42. The Morgan fingerprint density at radius 1 is 1.30 bits per heavy atom. The number of carbonyl (C=O) groups excluding carboxylic acids is 1. The van der Waals surface area contributed by atoms with Crippen LogP contribution in [0.5, 0.6) is 0 Å². The maximum atomic E-state index is 12.6. The van der Waals surface area contributed by atoms with E-state index in [9.17, 15) is 4.79 Å². The SMILES string of the molecule is COC1(c2nc(Cc3ccccc3)no2)CCN(C(=O)[C@H]2CCCO2)CC1. The van der Waals surface area contributed by atoms with Crippen molar-refractivity contribution < 1.29 is 18.8 Å². The second kappa shape index (κ2) is 7.78. The molecule has 0 saturated carbocycles. The van der Waals surface area contributed by atoms with E-state index in [0.29, 0.717) is 50.7 Å². The van der Waals surface area contributed by atoms with Crippen molar-refractivity contribution >= 4 is 5.91 Å². The lowest BCUT2D eigenvalue weighted by Gasteiger charge is -2.38. The predicted molar refractivity (Wildman–Crippen MR) is 97.0 cm³/mol. The molecular weight excluding hydrogens is 346 g/mol. The summed E-state index contributed by atoms with van der Waals surface area (Å²) in [5, 5.41) is 4.13. The third-order valence-corrected chi connectivity index (χ3v) is 5.54. The predicted octanol–water partition coefficient (Wildman–Crippen LogP) is 2.30. The fourth-order valence-corrected chi connectivity index (χ4v) is 3.86. The largest absolute Gasteiger partial charge is 0.368 e. The molecule has 3 heterocycles. The van der Waals surface area contributed by atoms with Crippen molar-refractivity contribution in [2.75, 3.05) is 26.8 Å². The standard InChI is InChI=1S/C20H25N3O4/c1-25-20(9-11-23(12-10-20)18(24)16-8-5-13-26-16)19-21-17(22-27-19)14-15-6-3-2-4-7-15/h2-4,6-7,16H,5,8-14H2,1H3/t16-/m1/s1. The Hall–Kier alpha value is -2.25. The summed E-state index contributed by atoms with van der Waals surface area (Å²) >= 11 is 0. The lowest BCUT2D eigenvalue weighted by Crippen LogP contribution is -2.49. The van der Waals surface area contributed by atoms with Crippen LogP contribution in [0.3, 0.4) is 0 Å². The molecule has 0 spiro atoms. The number of rotatable bonds is 5. The van der Waals surface area contributed by atoms with Crippen LogP contribution in [-0.4, -0.2) is 53.9 Å². The molecule has 0 unspecified atom stereocenters. The van der Waals surface area contributed by atoms with Gasteiger partial charge in [0, 0.05) is 46.1 Å². The first kappa shape index (κ1) is 18.1. The average Bonchev–Trinajstić information content (AvgIpc) is 3.41. The number of nitrogens with zero attached hydrogens (tertiary/aromatic N) is 3. The molecule has 1 aromatic carbocycles. The van der Waals surface area contributed by atoms with E-state index in [1.54, 1.807) is 7.11 Å². The second-order valence-electron chi connectivity index (χ2n) is 7.20. The first-order valence-electron chi connectivity index (χ1n) is 9.53. The maximum Gasteiger partial charge on any atom is 0.259 e. The van der Waals surface area contributed by atoms with Crippen LogP contribution in [0.2, 0.25) is 0 Å². The summed E-state index contributed by atoms with van der Waals surface area (Å²) in [6.45, 7) is 1.88. The quantitative estimate of drug-likeness (QED) is 0.803. The monoisotopic (exact) mass is 371 g/mol. The number of benzene rings is 1. The highest BCUT2D eigenvalue weighted by Crippen LogP contribution is 2.36. The fraction of sp³-hybridized carbons (Fsp3) is 0.550. The molecule has 2 aliphatic rings. The minimum absolute atomic E-state index is 0.0903. The highest BCUT2D eigenvalue weighted by Gasteiger charge is 2.43. The van der Waals surface area contributed by atoms with Gasteiger partial charge >= 0.3 is 0 Å². The molecule has 27 heavy (non-hydrogen) atoms. The van der Waals surface area contributed by atoms with Gasteiger partial charge in [-0.05, 0) is 18.4 Å². The van der Waals surface area contributed by atoms with Crippen LogP contribution in [0.25, 0.3) is 0 Å². The van der Waals surface area contributed by atoms with Gasteiger partial charge in [-0.25, -0.2) is 0 Å². The van der Waals surface area contributed by atoms with Crippen LogP contribution in [0.4, 0.5) is 0 Å². The van der Waals surface area contributed by atoms with Crippen molar-refractivity contribution in [3.8, 4) is 0 Å². The average molecular weight is 371 g/mol. The Bertz CT molecular complexity index is 763. The third-order valence-electron chi connectivity index (χ3n) is 5.54. The van der Waals surface area contributed by atoms with Crippen molar-refractivity contribution in [3.05, 3.63) is 47.6 Å². The molecule has 4 rings (SSSR count). The Labute approximate surface area is 158 Å². The van der Waals surface area contributed by atoms with Crippen molar-refractivity contribution in [1.29, 1.82) is 0 Å². The van der Waals surface area contributed by atoms with Crippen molar-refractivity contribution in [1.82, 2.24) is 15.0 Å². The number of carbonyl (C=O) groups is 1. The van der Waals surface area contributed by atoms with Crippen molar-refractivity contribution in [3.63, 3.8) is 0 Å². The molecular formula is C20H25N3O4. The van der Waals surface area contributed by atoms with Crippen LogP contribution in [0, 0.1) is 0 Å². The second-order valence-corrected chi connectivity index (χ2v) is 7.20. The molecule has 1 atom stereocenters. The zero-order chi connectivity index (χ0) is 18.7. The normalized spacial score (nSPS) is 22.1. The number of likely N-dealkylation sites (tertiary alicyclic amines) is 1. The van der Waals surface area contributed by atoms with Crippen LogP contribution in [0.1, 0.15) is 43.0 Å². The van der Waals surface area contributed by atoms with E-state index in [2.05, 4.69) is 10.1 Å². The van der Waals surface area contributed by atoms with Gasteiger partial charge in [-0.1, -0.05) is 35.5 Å². The smallest absolute Gasteiger partial charge is 0.259 e. The lowest BCUT2D eigenvalue weighted by atomic mass is 9.90. The molecule has 2 aromatic rings. The number of amides is 1. The molecule has 7 nitrogen and oxygen atoms in total. The molecule has 0 aliphatic carbocycles. The summed E-state index contributed by atoms with van der Waals surface area (Å²) in [6, 6.07) is 10.0. The first-order chi connectivity index (χ1) is 13.2. The molecule has 2 fully saturated rings. The topological polar surface area (TPSA) is 77.7 Å². The maximum absolute atomic E-state index is 12.6. The number of piperidine rings is 1. The van der Waals surface area contributed by atoms with Gasteiger partial charge in [-0.2, -0.15) is 4.98 Å². The van der Waals surface area contributed by atoms with Crippen LogP contribution < -0.4 is 0 Å². The summed E-state index contributed by atoms with van der Waals surface area (Å²) in [7, 11) is 1.67. The van der Waals surface area contributed by atoms with E-state index >= 15 is 0 Å². The molecule has 0 bridgehead atoms. The van der Waals surface area contributed by atoms with Crippen molar-refractivity contribution in [2.45, 2.75) is 43.8 Å². The molecule has 144 valence electrons. The molecule has 1 amide bonds. The summed E-state index contributed by atoms with van der Waals surface area (Å²) in [5.41, 5.74) is 0.503. The van der Waals surface area contributed by atoms with Crippen LogP contribution in [0.15, 0.2) is 34.9 Å². The van der Waals surface area contributed by atoms with Gasteiger partial charge in [0.2, 0.25) is 0 Å². The van der Waals surface area contributed by atoms with Gasteiger partial charge in [0.1, 0.15) is 11.7 Å². The molecule has 0 N–H and O–H groups in total. The number of ether oxygens (including phenoxy) is 2. The van der Waals surface area contributed by atoms with Gasteiger partial charge in [-0.15, -0.1) is 0 Å². The summed E-state index contributed by atoms with van der Waals surface area (Å²) in [4.78, 5) is 19.0. The fourth-order valence-electron chi connectivity index (χ4n) is 3.86. The summed E-state index contributed by atoms with van der Waals surface area (Å²) in [6.07, 6.45) is 3.38. The summed E-state index contributed by atoms with van der Waals surface area (Å²) < 4.78 is 16.9. The van der Waals surface area contributed by atoms with E-state index in [1.165, 1.54) is 0 Å². The molecule has 1 aromatic heterocycles. The Kier molecular flexibility index (Phi) is 5.22. The zero-order valence-electron chi connectivity index (χ0n) is 15.6. The van der Waals surface area contributed by atoms with E-state index < -0.39 is 5.60 Å². The Morgan fingerprint density at radius 3 is 2.74 bits per heavy atom. The van der Waals surface area contributed by atoms with E-state index in [-0.39, 0.29) is 12.0 Å². The zero-order valence-corrected chi connectivity index (χ0v) is 15.6. The van der Waals surface area contributed by atoms with E-state index in [1.807, 2.05) is 35.2 Å². The molecule has 0 radical (unpaired) electrons. The Morgan fingerprint density at radius 2 is 2.07 bits per heavy atom.